The molecule has 1 unspecified atom stereocenters. The maximum absolute atomic E-state index is 12.5. The van der Waals surface area contributed by atoms with Crippen molar-refractivity contribution in [3.05, 3.63) is 100 Å². The number of nitrogens with one attached hydrogen (secondary N) is 1. The van der Waals surface area contributed by atoms with Gasteiger partial charge < -0.3 is 10.1 Å². The summed E-state index contributed by atoms with van der Waals surface area (Å²) >= 11 is 0. The summed E-state index contributed by atoms with van der Waals surface area (Å²) in [6.07, 6.45) is -0.724. The van der Waals surface area contributed by atoms with Gasteiger partial charge in [-0.3, -0.25) is 19.7 Å². The molecule has 0 aliphatic heterocycles. The smallest absolute Gasteiger partial charge is 0.282 e. The monoisotopic (exact) mass is 390 g/mol. The van der Waals surface area contributed by atoms with Crippen molar-refractivity contribution in [3.63, 3.8) is 0 Å². The molecule has 0 heterocycles. The van der Waals surface area contributed by atoms with E-state index >= 15 is 0 Å². The first-order valence-electron chi connectivity index (χ1n) is 8.86. The first-order valence-corrected chi connectivity index (χ1v) is 8.86. The molecule has 0 aromatic heterocycles. The SMILES string of the molecule is CC(Oc1cccc(NC(=O)c2ccccc2[N+](=O)[O-])c1)C(=O)c1ccccc1. The summed E-state index contributed by atoms with van der Waals surface area (Å²) in [4.78, 5) is 35.4. The predicted molar refractivity (Wildman–Crippen MR) is 108 cm³/mol. The molecule has 0 saturated carbocycles. The summed E-state index contributed by atoms with van der Waals surface area (Å²) in [5.74, 6) is -0.384. The van der Waals surface area contributed by atoms with Crippen LogP contribution in [0.3, 0.4) is 0 Å². The number of nitro groups is 1. The number of amides is 1. The lowest BCUT2D eigenvalue weighted by molar-refractivity contribution is -0.385. The molecular weight excluding hydrogens is 372 g/mol. The third-order valence-corrected chi connectivity index (χ3v) is 4.18. The first kappa shape index (κ1) is 19.8. The second-order valence-electron chi connectivity index (χ2n) is 6.25. The van der Waals surface area contributed by atoms with Crippen molar-refractivity contribution in [2.75, 3.05) is 5.32 Å². The largest absolute Gasteiger partial charge is 0.482 e. The molecule has 0 spiro atoms. The van der Waals surface area contributed by atoms with Crippen LogP contribution in [-0.4, -0.2) is 22.7 Å². The highest BCUT2D eigenvalue weighted by molar-refractivity contribution is 6.07. The summed E-state index contributed by atoms with van der Waals surface area (Å²) < 4.78 is 5.71. The quantitative estimate of drug-likeness (QED) is 0.364. The Morgan fingerprint density at radius 3 is 2.38 bits per heavy atom. The van der Waals surface area contributed by atoms with Crippen LogP contribution in [0.4, 0.5) is 11.4 Å². The topological polar surface area (TPSA) is 98.5 Å². The van der Waals surface area contributed by atoms with Crippen LogP contribution in [0.1, 0.15) is 27.6 Å². The van der Waals surface area contributed by atoms with Crippen LogP contribution in [0, 0.1) is 10.1 Å². The van der Waals surface area contributed by atoms with Gasteiger partial charge in [0.2, 0.25) is 5.78 Å². The van der Waals surface area contributed by atoms with Crippen molar-refractivity contribution in [2.24, 2.45) is 0 Å². The van der Waals surface area contributed by atoms with Gasteiger partial charge in [-0.15, -0.1) is 0 Å². The van der Waals surface area contributed by atoms with Gasteiger partial charge in [0.1, 0.15) is 11.3 Å². The molecule has 1 atom stereocenters. The second kappa shape index (κ2) is 8.79. The van der Waals surface area contributed by atoms with E-state index in [4.69, 9.17) is 4.74 Å². The molecule has 29 heavy (non-hydrogen) atoms. The summed E-state index contributed by atoms with van der Waals surface area (Å²) in [6, 6.07) is 21.0. The highest BCUT2D eigenvalue weighted by atomic mass is 16.6. The van der Waals surface area contributed by atoms with E-state index in [9.17, 15) is 19.7 Å². The zero-order valence-corrected chi connectivity index (χ0v) is 15.6. The molecule has 3 aromatic carbocycles. The van der Waals surface area contributed by atoms with E-state index in [-0.39, 0.29) is 17.0 Å². The zero-order chi connectivity index (χ0) is 20.8. The van der Waals surface area contributed by atoms with Crippen molar-refractivity contribution in [1.82, 2.24) is 0 Å². The molecule has 7 heteroatoms. The Hall–Kier alpha value is -4.00. The Balaban J connectivity index is 1.72. The molecule has 0 saturated heterocycles. The molecule has 146 valence electrons. The maximum atomic E-state index is 12.5. The number of benzene rings is 3. The number of ether oxygens (including phenoxy) is 1. The van der Waals surface area contributed by atoms with Crippen molar-refractivity contribution in [1.29, 1.82) is 0 Å². The molecule has 1 N–H and O–H groups in total. The first-order chi connectivity index (χ1) is 14.0. The van der Waals surface area contributed by atoms with Crippen molar-refractivity contribution < 1.29 is 19.2 Å². The van der Waals surface area contributed by atoms with E-state index < -0.39 is 16.9 Å². The second-order valence-corrected chi connectivity index (χ2v) is 6.25. The Kier molecular flexibility index (Phi) is 5.99. The van der Waals surface area contributed by atoms with Crippen molar-refractivity contribution in [2.45, 2.75) is 13.0 Å². The van der Waals surface area contributed by atoms with Crippen LogP contribution >= 0.6 is 0 Å². The van der Waals surface area contributed by atoms with Gasteiger partial charge in [0, 0.05) is 23.4 Å². The number of carbonyl (C=O) groups is 2. The van der Waals surface area contributed by atoms with E-state index in [1.807, 2.05) is 6.07 Å². The van der Waals surface area contributed by atoms with Gasteiger partial charge in [-0.25, -0.2) is 0 Å². The van der Waals surface area contributed by atoms with Gasteiger partial charge in [0.15, 0.2) is 6.10 Å². The molecule has 0 bridgehead atoms. The molecule has 0 aliphatic carbocycles. The highest BCUT2D eigenvalue weighted by Gasteiger charge is 2.20. The average molecular weight is 390 g/mol. The fourth-order valence-electron chi connectivity index (χ4n) is 2.77. The van der Waals surface area contributed by atoms with Crippen LogP contribution in [0.15, 0.2) is 78.9 Å². The van der Waals surface area contributed by atoms with Crippen molar-refractivity contribution in [3.8, 4) is 5.75 Å². The van der Waals surface area contributed by atoms with Crippen LogP contribution in [-0.2, 0) is 0 Å². The van der Waals surface area contributed by atoms with Crippen LogP contribution < -0.4 is 10.1 Å². The van der Waals surface area contributed by atoms with Gasteiger partial charge in [-0.1, -0.05) is 48.5 Å². The number of hydrogen-bond donors (Lipinski definition) is 1. The summed E-state index contributed by atoms with van der Waals surface area (Å²) in [5.41, 5.74) is 0.613. The minimum Gasteiger partial charge on any atom is -0.482 e. The fraction of sp³-hybridized carbons (Fsp3) is 0.0909. The third kappa shape index (κ3) is 4.84. The van der Waals surface area contributed by atoms with Crippen LogP contribution in [0.2, 0.25) is 0 Å². The number of para-hydroxylation sites is 1. The predicted octanol–water partition coefficient (Wildman–Crippen LogP) is 4.50. The van der Waals surface area contributed by atoms with Gasteiger partial charge in [-0.05, 0) is 25.1 Å². The summed E-state index contributed by atoms with van der Waals surface area (Å²) in [6.45, 7) is 1.65. The van der Waals surface area contributed by atoms with Crippen molar-refractivity contribution >= 4 is 23.1 Å². The van der Waals surface area contributed by atoms with Gasteiger partial charge in [0.05, 0.1) is 4.92 Å². The average Bonchev–Trinajstić information content (AvgIpc) is 2.74. The molecular formula is C22H18N2O5. The lowest BCUT2D eigenvalue weighted by Crippen LogP contribution is -2.23. The number of Topliss-reactive ketones (excluding diaryl/α,β-unsaturated/α-hetero) is 1. The number of carbonyl (C=O) groups excluding carboxylic acids is 2. The van der Waals surface area contributed by atoms with Gasteiger partial charge in [-0.2, -0.15) is 0 Å². The Labute approximate surface area is 167 Å². The minimum atomic E-state index is -0.724. The van der Waals surface area contributed by atoms with Crippen LogP contribution in [0.25, 0.3) is 0 Å². The zero-order valence-electron chi connectivity index (χ0n) is 15.6. The van der Waals surface area contributed by atoms with Gasteiger partial charge in [0.25, 0.3) is 11.6 Å². The number of hydrogen-bond acceptors (Lipinski definition) is 5. The molecule has 0 aliphatic rings. The Morgan fingerprint density at radius 2 is 1.66 bits per heavy atom. The number of anilines is 1. The Morgan fingerprint density at radius 1 is 0.966 bits per heavy atom. The lowest BCUT2D eigenvalue weighted by Gasteiger charge is -2.15. The van der Waals surface area contributed by atoms with E-state index in [1.165, 1.54) is 18.2 Å². The van der Waals surface area contributed by atoms with Crippen LogP contribution in [0.5, 0.6) is 5.75 Å². The molecule has 0 radical (unpaired) electrons. The molecule has 1 amide bonds. The van der Waals surface area contributed by atoms with Gasteiger partial charge >= 0.3 is 0 Å². The van der Waals surface area contributed by atoms with E-state index in [0.717, 1.165) is 0 Å². The molecule has 3 aromatic rings. The summed E-state index contributed by atoms with van der Waals surface area (Å²) in [7, 11) is 0. The highest BCUT2D eigenvalue weighted by Crippen LogP contribution is 2.23. The standard InChI is InChI=1S/C22H18N2O5/c1-15(21(25)16-8-3-2-4-9-16)29-18-11-7-10-17(14-18)23-22(26)19-12-5-6-13-20(19)24(27)28/h2-15H,1H3,(H,23,26). The van der Waals surface area contributed by atoms with E-state index in [2.05, 4.69) is 5.32 Å². The summed E-state index contributed by atoms with van der Waals surface area (Å²) in [5, 5.41) is 13.7. The number of ketones is 1. The number of nitrogens with zero attached hydrogens (tertiary/aromatic N) is 1. The third-order valence-electron chi connectivity index (χ3n) is 4.18. The maximum Gasteiger partial charge on any atom is 0.282 e. The molecule has 0 fully saturated rings. The van der Waals surface area contributed by atoms with E-state index in [1.54, 1.807) is 61.5 Å². The normalized spacial score (nSPS) is 11.3. The number of nitro benzene ring substituents is 1. The molecule has 7 nitrogen and oxygen atoms in total. The molecule has 3 rings (SSSR count). The lowest BCUT2D eigenvalue weighted by atomic mass is 10.1. The number of rotatable bonds is 7. The van der Waals surface area contributed by atoms with E-state index in [0.29, 0.717) is 17.0 Å². The minimum absolute atomic E-state index is 0.0450. The fourth-order valence-corrected chi connectivity index (χ4v) is 2.77. The Bertz CT molecular complexity index is 1050.